The molecule has 0 spiro atoms. The number of para-hydroxylation sites is 2. The Kier molecular flexibility index (Phi) is 6.53. The maximum Gasteiger partial charge on any atom is 0.534 e. The number of carbonyl (C=O) groups is 2. The van der Waals surface area contributed by atoms with Crippen LogP contribution >= 0.6 is 0 Å². The second kappa shape index (κ2) is 9.38. The van der Waals surface area contributed by atoms with E-state index >= 15 is 0 Å². The Labute approximate surface area is 238 Å². The molecule has 0 amide bonds. The highest BCUT2D eigenvalue weighted by atomic mass is 32.2. The summed E-state index contributed by atoms with van der Waals surface area (Å²) in [5.41, 5.74) is -8.11. The molecule has 0 bridgehead atoms. The van der Waals surface area contributed by atoms with Gasteiger partial charge in [-0.25, -0.2) is 18.7 Å². The van der Waals surface area contributed by atoms with E-state index in [0.717, 1.165) is 9.13 Å². The zero-order chi connectivity index (χ0) is 31.0. The topological polar surface area (TPSA) is 106 Å². The summed E-state index contributed by atoms with van der Waals surface area (Å²) in [6, 6.07) is 14.4. The molecule has 222 valence electrons. The SMILES string of the molecule is CC(C)(C)OC(=O)n1c2ccccc2c2cc3c4ccccc4n(C(=O)OC(C)(C)C)c3c(OS(=O)(=O)C(F)(F)F)c21. The number of carbonyl (C=O) groups excluding carboxylic acids is 2. The lowest BCUT2D eigenvalue weighted by Crippen LogP contribution is -2.30. The first-order valence-corrected chi connectivity index (χ1v) is 14.2. The van der Waals surface area contributed by atoms with E-state index in [4.69, 9.17) is 13.7 Å². The second-order valence-corrected chi connectivity index (χ2v) is 13.2. The van der Waals surface area contributed by atoms with Gasteiger partial charge < -0.3 is 13.7 Å². The van der Waals surface area contributed by atoms with Crippen molar-refractivity contribution in [2.24, 2.45) is 0 Å². The third-order valence-electron chi connectivity index (χ3n) is 6.18. The van der Waals surface area contributed by atoms with Crippen LogP contribution < -0.4 is 4.18 Å². The zero-order valence-electron chi connectivity index (χ0n) is 23.5. The number of hydrogen-bond acceptors (Lipinski definition) is 7. The minimum atomic E-state index is -6.29. The van der Waals surface area contributed by atoms with Gasteiger partial charge in [0.25, 0.3) is 0 Å². The van der Waals surface area contributed by atoms with E-state index in [2.05, 4.69) is 0 Å². The van der Waals surface area contributed by atoms with Crippen LogP contribution in [0.4, 0.5) is 22.8 Å². The Hall–Kier alpha value is -4.26. The van der Waals surface area contributed by atoms with Gasteiger partial charge in [-0.3, -0.25) is 0 Å². The molecule has 0 unspecified atom stereocenters. The zero-order valence-corrected chi connectivity index (χ0v) is 24.3. The van der Waals surface area contributed by atoms with Crippen molar-refractivity contribution in [2.75, 3.05) is 0 Å². The van der Waals surface area contributed by atoms with Crippen LogP contribution in [0.1, 0.15) is 41.5 Å². The summed E-state index contributed by atoms with van der Waals surface area (Å²) >= 11 is 0. The first kappa shape index (κ1) is 29.2. The molecule has 5 rings (SSSR count). The predicted octanol–water partition coefficient (Wildman–Crippen LogP) is 7.70. The van der Waals surface area contributed by atoms with Crippen molar-refractivity contribution >= 4 is 65.9 Å². The lowest BCUT2D eigenvalue weighted by atomic mass is 10.1. The monoisotopic (exact) mass is 604 g/mol. The fourth-order valence-electron chi connectivity index (χ4n) is 4.76. The van der Waals surface area contributed by atoms with E-state index in [1.165, 1.54) is 12.1 Å². The third-order valence-corrected chi connectivity index (χ3v) is 7.13. The maximum atomic E-state index is 13.8. The van der Waals surface area contributed by atoms with Crippen LogP contribution in [0.5, 0.6) is 5.75 Å². The first-order valence-electron chi connectivity index (χ1n) is 12.8. The van der Waals surface area contributed by atoms with Crippen molar-refractivity contribution in [3.8, 4) is 5.75 Å². The molecule has 13 heteroatoms. The van der Waals surface area contributed by atoms with Gasteiger partial charge in [-0.2, -0.15) is 21.6 Å². The summed E-state index contributed by atoms with van der Waals surface area (Å²) in [4.78, 5) is 27.2. The fraction of sp³-hybridized carbons (Fsp3) is 0.310. The highest BCUT2D eigenvalue weighted by molar-refractivity contribution is 7.88. The molecule has 0 saturated carbocycles. The summed E-state index contributed by atoms with van der Waals surface area (Å²) in [5, 5.41) is 1.21. The number of halogens is 3. The standard InChI is InChI=1S/C29H27F3N2O7S/c1-27(2,3)39-25(35)33-20-13-9-7-11-16(20)18-15-19-17-12-8-10-14-21(17)34(26(36)40-28(4,5)6)23(19)24(22(18)33)41-42(37,38)29(30,31)32/h7-15H,1-6H3. The van der Waals surface area contributed by atoms with Crippen molar-refractivity contribution in [1.82, 2.24) is 9.13 Å². The van der Waals surface area contributed by atoms with E-state index in [1.54, 1.807) is 84.0 Å². The number of ether oxygens (including phenoxy) is 2. The van der Waals surface area contributed by atoms with Gasteiger partial charge in [-0.15, -0.1) is 0 Å². The van der Waals surface area contributed by atoms with Crippen LogP contribution in [0.25, 0.3) is 43.6 Å². The smallest absolute Gasteiger partial charge is 0.443 e. The largest absolute Gasteiger partial charge is 0.534 e. The summed E-state index contributed by atoms with van der Waals surface area (Å²) in [6.45, 7) is 9.60. The van der Waals surface area contributed by atoms with Gasteiger partial charge in [0.05, 0.1) is 11.0 Å². The van der Waals surface area contributed by atoms with Crippen molar-refractivity contribution < 1.29 is 44.8 Å². The van der Waals surface area contributed by atoms with Crippen LogP contribution in [0, 0.1) is 0 Å². The van der Waals surface area contributed by atoms with Crippen LogP contribution in [0.3, 0.4) is 0 Å². The Morgan fingerprint density at radius 2 is 1.05 bits per heavy atom. The summed E-state index contributed by atoms with van der Waals surface area (Å²) < 4.78 is 84.4. The van der Waals surface area contributed by atoms with Gasteiger partial charge in [0.1, 0.15) is 22.2 Å². The number of nitrogens with zero attached hydrogens (tertiary/aromatic N) is 2. The molecule has 0 aliphatic carbocycles. The lowest BCUT2D eigenvalue weighted by Gasteiger charge is -2.22. The Morgan fingerprint density at radius 1 is 0.667 bits per heavy atom. The van der Waals surface area contributed by atoms with Crippen LogP contribution in [0.15, 0.2) is 54.6 Å². The molecule has 0 fully saturated rings. The molecular weight excluding hydrogens is 577 g/mol. The Morgan fingerprint density at radius 3 is 1.40 bits per heavy atom. The molecule has 5 aromatic rings. The van der Waals surface area contributed by atoms with E-state index in [0.29, 0.717) is 10.8 Å². The number of fused-ring (bicyclic) bond motifs is 6. The molecule has 0 N–H and O–H groups in total. The van der Waals surface area contributed by atoms with Crippen LogP contribution in [-0.4, -0.2) is 46.4 Å². The molecule has 2 heterocycles. The molecule has 0 saturated heterocycles. The molecule has 3 aromatic carbocycles. The number of rotatable bonds is 2. The molecule has 0 atom stereocenters. The van der Waals surface area contributed by atoms with Gasteiger partial charge in [-0.1, -0.05) is 36.4 Å². The van der Waals surface area contributed by atoms with Crippen molar-refractivity contribution in [2.45, 2.75) is 58.3 Å². The molecular formula is C29H27F3N2O7S. The third kappa shape index (κ3) is 4.91. The van der Waals surface area contributed by atoms with Gasteiger partial charge in [0, 0.05) is 21.5 Å². The normalized spacial score (nSPS) is 13.3. The predicted molar refractivity (Wildman–Crippen MR) is 151 cm³/mol. The molecule has 0 aliphatic heterocycles. The van der Waals surface area contributed by atoms with Gasteiger partial charge >= 0.3 is 27.8 Å². The molecule has 42 heavy (non-hydrogen) atoms. The van der Waals surface area contributed by atoms with Gasteiger partial charge in [0.2, 0.25) is 0 Å². The summed E-state index contributed by atoms with van der Waals surface area (Å²) in [7, 11) is -6.29. The maximum absolute atomic E-state index is 13.8. The molecule has 2 aromatic heterocycles. The van der Waals surface area contributed by atoms with Crippen molar-refractivity contribution in [3.05, 3.63) is 54.6 Å². The second-order valence-electron chi connectivity index (χ2n) is 11.6. The number of hydrogen-bond donors (Lipinski definition) is 0. The van der Waals surface area contributed by atoms with Gasteiger partial charge in [0.15, 0.2) is 5.75 Å². The number of benzene rings is 3. The Balaban J connectivity index is 2.05. The summed E-state index contributed by atoms with van der Waals surface area (Å²) in [5.74, 6) is -0.885. The molecule has 0 aliphatic rings. The fourth-order valence-corrected chi connectivity index (χ4v) is 5.23. The number of alkyl halides is 3. The first-order chi connectivity index (χ1) is 19.3. The van der Waals surface area contributed by atoms with Crippen molar-refractivity contribution in [1.29, 1.82) is 0 Å². The molecule has 9 nitrogen and oxygen atoms in total. The highest BCUT2D eigenvalue weighted by Crippen LogP contribution is 2.46. The van der Waals surface area contributed by atoms with E-state index in [9.17, 15) is 31.2 Å². The Bertz CT molecular complexity index is 1910. The quantitative estimate of drug-likeness (QED) is 0.150. The van der Waals surface area contributed by atoms with E-state index < -0.39 is 44.8 Å². The van der Waals surface area contributed by atoms with Crippen LogP contribution in [-0.2, 0) is 19.6 Å². The average molecular weight is 605 g/mol. The van der Waals surface area contributed by atoms with E-state index in [-0.39, 0.29) is 32.8 Å². The number of aromatic nitrogens is 2. The lowest BCUT2D eigenvalue weighted by molar-refractivity contribution is -0.0499. The minimum Gasteiger partial charge on any atom is -0.443 e. The van der Waals surface area contributed by atoms with Crippen LogP contribution in [0.2, 0.25) is 0 Å². The van der Waals surface area contributed by atoms with Crippen molar-refractivity contribution in [3.63, 3.8) is 0 Å². The highest BCUT2D eigenvalue weighted by Gasteiger charge is 2.49. The molecule has 0 radical (unpaired) electrons. The van der Waals surface area contributed by atoms with E-state index in [1.807, 2.05) is 0 Å². The van der Waals surface area contributed by atoms with Gasteiger partial charge in [-0.05, 0) is 59.7 Å². The summed E-state index contributed by atoms with van der Waals surface area (Å²) in [6.07, 6.45) is -2.00. The minimum absolute atomic E-state index is 0.198. The average Bonchev–Trinajstić information content (AvgIpc) is 3.35.